The topological polar surface area (TPSA) is 63.6 Å². The molecule has 0 aliphatic carbocycles. The quantitative estimate of drug-likeness (QED) is 0.281. The Labute approximate surface area is 168 Å². The molecular weight excluding hydrogens is 515 g/mol. The number of hydrogen-bond acceptors (Lipinski definition) is 4. The predicted octanol–water partition coefficient (Wildman–Crippen LogP) is 1.00. The number of hydrogen-bond donors (Lipinski definition) is 1. The summed E-state index contributed by atoms with van der Waals surface area (Å²) in [7, 11) is -5.93. The number of unbranched alkanes of at least 4 members (excludes halogenated alkanes) is 1. The summed E-state index contributed by atoms with van der Waals surface area (Å²) >= 11 is -3.44. The molecule has 0 aliphatic heterocycles. The lowest BCUT2D eigenvalue weighted by atomic mass is 10.1. The monoisotopic (exact) mass is 534 g/mol. The van der Waals surface area contributed by atoms with Gasteiger partial charge in [-0.15, -0.1) is 0 Å². The van der Waals surface area contributed by atoms with Gasteiger partial charge in [-0.1, -0.05) is 36.4 Å². The molecule has 0 saturated carbocycles. The largest absolute Gasteiger partial charge is 0.435 e. The molecule has 2 rings (SSSR count). The van der Waals surface area contributed by atoms with Gasteiger partial charge in [0.1, 0.15) is 0 Å². The van der Waals surface area contributed by atoms with Crippen LogP contribution in [0.4, 0.5) is 17.6 Å². The van der Waals surface area contributed by atoms with Crippen LogP contribution in [0, 0.1) is 7.14 Å². The standard InChI is InChI=1S/C18H19F4IO4S/c19-17(20,13-7-8-14-24)18(21,22)28(25,26)27-23(15-9-3-1-4-10-15)16-11-5-2-6-12-16/h1-6,9-12,24H,7-8,13-14H2/q+1. The summed E-state index contributed by atoms with van der Waals surface area (Å²) in [5.41, 5.74) is 0. The molecule has 0 amide bonds. The highest BCUT2D eigenvalue weighted by Gasteiger charge is 2.68. The van der Waals surface area contributed by atoms with Gasteiger partial charge >= 0.3 is 41.5 Å². The van der Waals surface area contributed by atoms with Crippen LogP contribution in [-0.4, -0.2) is 31.3 Å². The fourth-order valence-corrected chi connectivity index (χ4v) is 9.22. The van der Waals surface area contributed by atoms with Gasteiger partial charge in [0.2, 0.25) is 0 Å². The lowest BCUT2D eigenvalue weighted by Crippen LogP contribution is -3.85. The Bertz CT molecular complexity index is 809. The molecule has 0 fully saturated rings. The van der Waals surface area contributed by atoms with E-state index >= 15 is 0 Å². The number of aliphatic hydroxyl groups excluding tert-OH is 1. The predicted molar refractivity (Wildman–Crippen MR) is 91.1 cm³/mol. The maximum atomic E-state index is 14.3. The second-order valence-corrected chi connectivity index (χ2v) is 12.3. The summed E-state index contributed by atoms with van der Waals surface area (Å²) in [5, 5.41) is 3.23. The van der Waals surface area contributed by atoms with E-state index in [0.29, 0.717) is 7.14 Å². The Balaban J connectivity index is 2.37. The lowest BCUT2D eigenvalue weighted by molar-refractivity contribution is -1.03. The molecule has 155 valence electrons. The van der Waals surface area contributed by atoms with E-state index in [1.807, 2.05) is 0 Å². The molecule has 28 heavy (non-hydrogen) atoms. The van der Waals surface area contributed by atoms with Crippen molar-refractivity contribution in [1.29, 1.82) is 0 Å². The number of rotatable bonds is 10. The first-order valence-corrected chi connectivity index (χ1v) is 12.7. The van der Waals surface area contributed by atoms with E-state index in [1.54, 1.807) is 36.4 Å². The molecule has 0 aromatic heterocycles. The third-order valence-electron chi connectivity index (χ3n) is 3.65. The summed E-state index contributed by atoms with van der Waals surface area (Å²) < 4.78 is 86.6. The molecule has 0 aliphatic rings. The Morgan fingerprint density at radius 1 is 0.857 bits per heavy atom. The fourth-order valence-electron chi connectivity index (χ4n) is 2.17. The third kappa shape index (κ3) is 5.22. The van der Waals surface area contributed by atoms with Crippen LogP contribution in [0.3, 0.4) is 0 Å². The smallest absolute Gasteiger partial charge is 0.396 e. The van der Waals surface area contributed by atoms with E-state index < -0.39 is 61.0 Å². The first-order chi connectivity index (χ1) is 13.1. The van der Waals surface area contributed by atoms with Crippen LogP contribution in [-0.2, 0) is 12.6 Å². The maximum Gasteiger partial charge on any atom is 0.435 e. The van der Waals surface area contributed by atoms with Crippen molar-refractivity contribution in [3.8, 4) is 0 Å². The second kappa shape index (κ2) is 9.51. The van der Waals surface area contributed by atoms with E-state index in [2.05, 4.69) is 0 Å². The Hall–Kier alpha value is -1.24. The van der Waals surface area contributed by atoms with Crippen LogP contribution in [0.15, 0.2) is 60.7 Å². The molecule has 0 atom stereocenters. The van der Waals surface area contributed by atoms with Crippen molar-refractivity contribution in [1.82, 2.24) is 0 Å². The molecule has 1 radical (unpaired) electrons. The fraction of sp³-hybridized carbons (Fsp3) is 0.333. The number of aliphatic hydroxyl groups is 1. The van der Waals surface area contributed by atoms with E-state index in [9.17, 15) is 26.0 Å². The first kappa shape index (κ1) is 23.0. The first-order valence-electron chi connectivity index (χ1n) is 8.23. The van der Waals surface area contributed by atoms with E-state index in [1.165, 1.54) is 24.3 Å². The van der Waals surface area contributed by atoms with Gasteiger partial charge < -0.3 is 5.11 Å². The minimum Gasteiger partial charge on any atom is -0.396 e. The molecule has 2 aromatic carbocycles. The second-order valence-electron chi connectivity index (χ2n) is 5.76. The van der Waals surface area contributed by atoms with Gasteiger partial charge in [-0.25, -0.2) is 0 Å². The molecule has 10 heteroatoms. The molecule has 1 N–H and O–H groups in total. The van der Waals surface area contributed by atoms with Crippen molar-refractivity contribution in [2.45, 2.75) is 30.4 Å². The number of halogens is 5. The molecular formula is C18H19F4IO4S+. The number of alkyl halides is 4. The number of benzene rings is 2. The van der Waals surface area contributed by atoms with Crippen LogP contribution >= 0.6 is 0 Å². The summed E-state index contributed by atoms with van der Waals surface area (Å²) in [6.45, 7) is -0.456. The third-order valence-corrected chi connectivity index (χ3v) is 11.1. The van der Waals surface area contributed by atoms with Crippen LogP contribution in [0.5, 0.6) is 0 Å². The van der Waals surface area contributed by atoms with Crippen molar-refractivity contribution in [3.63, 3.8) is 0 Å². The molecule has 0 saturated heterocycles. The molecule has 2 aromatic rings. The summed E-state index contributed by atoms with van der Waals surface area (Å²) in [4.78, 5) is 0. The van der Waals surface area contributed by atoms with Crippen molar-refractivity contribution >= 4 is 10.1 Å². The molecule has 0 bridgehead atoms. The van der Waals surface area contributed by atoms with Gasteiger partial charge in [0.15, 0.2) is 7.14 Å². The molecule has 4 nitrogen and oxygen atoms in total. The highest BCUT2D eigenvalue weighted by atomic mass is 127. The van der Waals surface area contributed by atoms with Gasteiger partial charge in [-0.05, 0) is 39.6 Å². The Morgan fingerprint density at radius 2 is 1.32 bits per heavy atom. The zero-order valence-electron chi connectivity index (χ0n) is 14.6. The average molecular weight is 534 g/mol. The Morgan fingerprint density at radius 3 is 1.75 bits per heavy atom. The van der Waals surface area contributed by atoms with E-state index in [-0.39, 0.29) is 6.42 Å². The molecule has 0 unspecified atom stereocenters. The SMILES string of the molecule is O=S(=O)(O[I+](c1ccccc1)c1ccccc1)C(F)(F)C(F)(F)CCCCO. The van der Waals surface area contributed by atoms with Crippen LogP contribution in [0.25, 0.3) is 0 Å². The highest BCUT2D eigenvalue weighted by Crippen LogP contribution is 2.42. The van der Waals surface area contributed by atoms with Gasteiger partial charge in [0, 0.05) is 13.0 Å². The zero-order chi connectivity index (χ0) is 20.8. The van der Waals surface area contributed by atoms with Gasteiger partial charge in [-0.3, -0.25) is 0 Å². The van der Waals surface area contributed by atoms with Gasteiger partial charge in [-0.2, -0.15) is 26.0 Å². The highest BCUT2D eigenvalue weighted by molar-refractivity contribution is 7.87. The minimum atomic E-state index is -5.93. The van der Waals surface area contributed by atoms with Gasteiger partial charge in [0.25, 0.3) is 0 Å². The van der Waals surface area contributed by atoms with Gasteiger partial charge in [0.05, 0.1) is 0 Å². The van der Waals surface area contributed by atoms with Crippen molar-refractivity contribution in [2.75, 3.05) is 6.61 Å². The van der Waals surface area contributed by atoms with Crippen molar-refractivity contribution in [3.05, 3.63) is 67.8 Å². The Kier molecular flexibility index (Phi) is 7.82. The summed E-state index contributed by atoms with van der Waals surface area (Å²) in [5.74, 6) is -4.82. The van der Waals surface area contributed by atoms with Crippen molar-refractivity contribution < 1.29 is 53.8 Å². The lowest BCUT2D eigenvalue weighted by Gasteiger charge is -2.24. The van der Waals surface area contributed by atoms with Crippen molar-refractivity contribution in [2.24, 2.45) is 0 Å². The summed E-state index contributed by atoms with van der Waals surface area (Å²) in [6.07, 6.45) is -1.97. The van der Waals surface area contributed by atoms with E-state index in [4.69, 9.17) is 7.62 Å². The average Bonchev–Trinajstić information content (AvgIpc) is 2.67. The van der Waals surface area contributed by atoms with E-state index in [0.717, 1.165) is 0 Å². The summed E-state index contributed by atoms with van der Waals surface area (Å²) in [6, 6.07) is 15.7. The normalized spacial score (nSPS) is 13.1. The maximum absolute atomic E-state index is 14.3. The zero-order valence-corrected chi connectivity index (χ0v) is 17.5. The molecule has 0 spiro atoms. The molecule has 0 heterocycles. The van der Waals surface area contributed by atoms with Crippen LogP contribution in [0.1, 0.15) is 19.3 Å². The van der Waals surface area contributed by atoms with Crippen LogP contribution in [0.2, 0.25) is 0 Å². The van der Waals surface area contributed by atoms with Crippen LogP contribution < -0.4 is 20.2 Å². The minimum absolute atomic E-state index is 0.140.